The molecule has 1 N–H and O–H groups in total. The van der Waals surface area contributed by atoms with E-state index in [0.29, 0.717) is 0 Å². The number of likely N-dealkylation sites (N-methyl/N-ethyl adjacent to an activating group) is 1. The van der Waals surface area contributed by atoms with E-state index < -0.39 is 0 Å². The molecule has 0 aliphatic heterocycles. The van der Waals surface area contributed by atoms with Gasteiger partial charge >= 0.3 is 0 Å². The molecular formula is C15H32N2. The zero-order chi connectivity index (χ0) is 12.5. The van der Waals surface area contributed by atoms with Crippen molar-refractivity contribution in [2.45, 2.75) is 77.3 Å². The Balaban J connectivity index is 2.07. The van der Waals surface area contributed by atoms with Crippen molar-refractivity contribution in [3.63, 3.8) is 0 Å². The number of nitrogens with zero attached hydrogens (tertiary/aromatic N) is 1. The molecule has 1 saturated carbocycles. The monoisotopic (exact) mass is 240 g/mol. The molecule has 0 heterocycles. The summed E-state index contributed by atoms with van der Waals surface area (Å²) in [6.07, 6.45) is 11.0. The summed E-state index contributed by atoms with van der Waals surface area (Å²) in [5, 5.41) is 3.72. The Kier molecular flexibility index (Phi) is 7.87. The largest absolute Gasteiger partial charge is 0.313 e. The van der Waals surface area contributed by atoms with E-state index in [2.05, 4.69) is 31.1 Å². The van der Waals surface area contributed by atoms with Crippen LogP contribution in [0.4, 0.5) is 0 Å². The average Bonchev–Trinajstić information content (AvgIpc) is 2.87. The first kappa shape index (κ1) is 15.0. The van der Waals surface area contributed by atoms with Crippen LogP contribution in [0.3, 0.4) is 0 Å². The maximum absolute atomic E-state index is 3.72. The van der Waals surface area contributed by atoms with Crippen molar-refractivity contribution in [2.75, 3.05) is 20.1 Å². The maximum atomic E-state index is 3.72. The molecular weight excluding hydrogens is 208 g/mol. The third-order valence-electron chi connectivity index (χ3n) is 4.24. The van der Waals surface area contributed by atoms with E-state index in [1.54, 1.807) is 0 Å². The number of rotatable bonds is 9. The highest BCUT2D eigenvalue weighted by Gasteiger charge is 2.18. The van der Waals surface area contributed by atoms with Crippen LogP contribution in [0.2, 0.25) is 0 Å². The van der Waals surface area contributed by atoms with Gasteiger partial charge < -0.3 is 10.2 Å². The van der Waals surface area contributed by atoms with Crippen molar-refractivity contribution in [3.05, 3.63) is 0 Å². The number of hydrogen-bond acceptors (Lipinski definition) is 2. The number of hydrogen-bond donors (Lipinski definition) is 1. The van der Waals surface area contributed by atoms with Crippen LogP contribution >= 0.6 is 0 Å². The summed E-state index contributed by atoms with van der Waals surface area (Å²) in [5.74, 6) is 0. The van der Waals surface area contributed by atoms with Crippen molar-refractivity contribution in [2.24, 2.45) is 0 Å². The molecule has 2 heteroatoms. The molecule has 1 aliphatic rings. The molecule has 0 saturated heterocycles. The van der Waals surface area contributed by atoms with Gasteiger partial charge in [0, 0.05) is 25.2 Å². The van der Waals surface area contributed by atoms with Gasteiger partial charge in [-0.1, -0.05) is 39.5 Å². The lowest BCUT2D eigenvalue weighted by Gasteiger charge is -2.25. The van der Waals surface area contributed by atoms with Crippen LogP contribution in [0.1, 0.15) is 65.2 Å². The zero-order valence-electron chi connectivity index (χ0n) is 12.2. The van der Waals surface area contributed by atoms with Gasteiger partial charge in [-0.25, -0.2) is 0 Å². The molecule has 1 aliphatic carbocycles. The van der Waals surface area contributed by atoms with Crippen molar-refractivity contribution < 1.29 is 0 Å². The highest BCUT2D eigenvalue weighted by atomic mass is 15.1. The summed E-state index contributed by atoms with van der Waals surface area (Å²) < 4.78 is 0. The Labute approximate surface area is 108 Å². The first-order valence-corrected chi connectivity index (χ1v) is 7.71. The number of unbranched alkanes of at least 4 members (excludes halogenated alkanes) is 1. The smallest absolute Gasteiger partial charge is 0.0107 e. The van der Waals surface area contributed by atoms with Crippen molar-refractivity contribution in [1.29, 1.82) is 0 Å². The second-order valence-electron chi connectivity index (χ2n) is 5.62. The lowest BCUT2D eigenvalue weighted by atomic mass is 10.1. The number of nitrogens with one attached hydrogen (secondary N) is 1. The molecule has 0 aromatic rings. The fourth-order valence-corrected chi connectivity index (χ4v) is 2.87. The second-order valence-corrected chi connectivity index (χ2v) is 5.62. The van der Waals surface area contributed by atoms with Gasteiger partial charge in [-0.3, -0.25) is 0 Å². The summed E-state index contributed by atoms with van der Waals surface area (Å²) in [5.41, 5.74) is 0. The Hall–Kier alpha value is -0.0800. The highest BCUT2D eigenvalue weighted by Crippen LogP contribution is 2.21. The van der Waals surface area contributed by atoms with E-state index in [1.165, 1.54) is 57.9 Å². The SMILES string of the molecule is CCCCC(CC)NCCN(C)C1CCCC1. The van der Waals surface area contributed by atoms with Gasteiger partial charge in [-0.05, 0) is 32.7 Å². The standard InChI is InChI=1S/C15H32N2/c1-4-6-9-14(5-2)16-12-13-17(3)15-10-7-8-11-15/h14-16H,4-13H2,1-3H3. The van der Waals surface area contributed by atoms with Crippen LogP contribution in [-0.4, -0.2) is 37.1 Å². The first-order valence-electron chi connectivity index (χ1n) is 7.71. The second kappa shape index (κ2) is 8.93. The van der Waals surface area contributed by atoms with Crippen LogP contribution in [0.5, 0.6) is 0 Å². The highest BCUT2D eigenvalue weighted by molar-refractivity contribution is 4.76. The van der Waals surface area contributed by atoms with Gasteiger partial charge in [-0.2, -0.15) is 0 Å². The molecule has 0 radical (unpaired) electrons. The van der Waals surface area contributed by atoms with Gasteiger partial charge in [0.05, 0.1) is 0 Å². The van der Waals surface area contributed by atoms with Gasteiger partial charge in [0.25, 0.3) is 0 Å². The van der Waals surface area contributed by atoms with Crippen LogP contribution in [-0.2, 0) is 0 Å². The van der Waals surface area contributed by atoms with E-state index in [1.807, 2.05) is 0 Å². The van der Waals surface area contributed by atoms with E-state index in [0.717, 1.165) is 18.6 Å². The summed E-state index contributed by atoms with van der Waals surface area (Å²) in [6.45, 7) is 6.96. The Morgan fingerprint density at radius 3 is 2.53 bits per heavy atom. The minimum absolute atomic E-state index is 0.743. The van der Waals surface area contributed by atoms with Gasteiger partial charge in [-0.15, -0.1) is 0 Å². The van der Waals surface area contributed by atoms with E-state index >= 15 is 0 Å². The Morgan fingerprint density at radius 1 is 1.24 bits per heavy atom. The summed E-state index contributed by atoms with van der Waals surface area (Å²) in [7, 11) is 2.30. The molecule has 0 amide bonds. The predicted molar refractivity (Wildman–Crippen MR) is 76.5 cm³/mol. The van der Waals surface area contributed by atoms with Crippen molar-refractivity contribution >= 4 is 0 Å². The molecule has 0 spiro atoms. The van der Waals surface area contributed by atoms with Crippen molar-refractivity contribution in [1.82, 2.24) is 10.2 Å². The first-order chi connectivity index (χ1) is 8.27. The lowest BCUT2D eigenvalue weighted by Crippen LogP contribution is -2.38. The van der Waals surface area contributed by atoms with Crippen LogP contribution in [0.25, 0.3) is 0 Å². The van der Waals surface area contributed by atoms with Crippen molar-refractivity contribution in [3.8, 4) is 0 Å². The fraction of sp³-hybridized carbons (Fsp3) is 1.00. The minimum atomic E-state index is 0.743. The summed E-state index contributed by atoms with van der Waals surface area (Å²) >= 11 is 0. The molecule has 0 aromatic heterocycles. The van der Waals surface area contributed by atoms with Crippen LogP contribution in [0, 0.1) is 0 Å². The van der Waals surface area contributed by atoms with Gasteiger partial charge in [0.1, 0.15) is 0 Å². The fourth-order valence-electron chi connectivity index (χ4n) is 2.87. The van der Waals surface area contributed by atoms with E-state index in [-0.39, 0.29) is 0 Å². The Morgan fingerprint density at radius 2 is 1.94 bits per heavy atom. The average molecular weight is 240 g/mol. The molecule has 0 aromatic carbocycles. The van der Waals surface area contributed by atoms with E-state index in [9.17, 15) is 0 Å². The molecule has 17 heavy (non-hydrogen) atoms. The third-order valence-corrected chi connectivity index (χ3v) is 4.24. The summed E-state index contributed by atoms with van der Waals surface area (Å²) in [4.78, 5) is 2.56. The molecule has 1 rings (SSSR count). The minimum Gasteiger partial charge on any atom is -0.313 e. The quantitative estimate of drug-likeness (QED) is 0.664. The predicted octanol–water partition coefficient (Wildman–Crippen LogP) is 3.42. The third kappa shape index (κ3) is 5.87. The topological polar surface area (TPSA) is 15.3 Å². The molecule has 0 bridgehead atoms. The maximum Gasteiger partial charge on any atom is 0.0107 e. The van der Waals surface area contributed by atoms with Gasteiger partial charge in [0.2, 0.25) is 0 Å². The normalized spacial score (nSPS) is 19.1. The van der Waals surface area contributed by atoms with Gasteiger partial charge in [0.15, 0.2) is 0 Å². The van der Waals surface area contributed by atoms with Crippen LogP contribution < -0.4 is 5.32 Å². The Bertz CT molecular complexity index is 176. The molecule has 1 atom stereocenters. The van der Waals surface area contributed by atoms with E-state index in [4.69, 9.17) is 0 Å². The lowest BCUT2D eigenvalue weighted by molar-refractivity contribution is 0.240. The van der Waals surface area contributed by atoms with Crippen LogP contribution in [0.15, 0.2) is 0 Å². The summed E-state index contributed by atoms with van der Waals surface area (Å²) in [6, 6.07) is 1.61. The molecule has 2 nitrogen and oxygen atoms in total. The molecule has 1 fully saturated rings. The molecule has 102 valence electrons. The zero-order valence-corrected chi connectivity index (χ0v) is 12.2. The molecule has 1 unspecified atom stereocenters.